The normalized spacial score (nSPS) is 28.2. The van der Waals surface area contributed by atoms with Gasteiger partial charge in [-0.3, -0.25) is 0 Å². The van der Waals surface area contributed by atoms with Gasteiger partial charge in [0.25, 0.3) is 0 Å². The first-order valence-corrected chi connectivity index (χ1v) is 6.10. The lowest BCUT2D eigenvalue weighted by Crippen LogP contribution is -2.14. The molecule has 5 heteroatoms. The van der Waals surface area contributed by atoms with Crippen LogP contribution in [-0.2, 0) is 0 Å². The number of aromatic nitrogens is 2. The van der Waals surface area contributed by atoms with E-state index in [0.717, 1.165) is 28.6 Å². The fraction of sp³-hybridized carbons (Fsp3) is 0.750. The van der Waals surface area contributed by atoms with Crippen molar-refractivity contribution in [1.82, 2.24) is 10.2 Å². The predicted octanol–water partition coefficient (Wildman–Crippen LogP) is 1.85. The van der Waals surface area contributed by atoms with E-state index < -0.39 is 0 Å². The number of aliphatic hydroxyl groups excluding tert-OH is 1. The van der Waals surface area contributed by atoms with Crippen LogP contribution in [0.4, 0.5) is 0 Å². The van der Waals surface area contributed by atoms with Gasteiger partial charge in [-0.2, -0.15) is 0 Å². The monoisotopic (exact) mass is 216 g/mol. The van der Waals surface area contributed by atoms with Crippen LogP contribution in [0, 0.1) is 6.92 Å². The molecule has 0 bridgehead atoms. The summed E-state index contributed by atoms with van der Waals surface area (Å²) in [4.78, 5) is 0. The zero-order valence-electron chi connectivity index (χ0n) is 7.43. The summed E-state index contributed by atoms with van der Waals surface area (Å²) in [5.74, 6) is 0. The molecule has 13 heavy (non-hydrogen) atoms. The molecule has 0 radical (unpaired) electrons. The third-order valence-corrected chi connectivity index (χ3v) is 4.49. The molecule has 1 aromatic rings. The average Bonchev–Trinajstić information content (AvgIpc) is 2.64. The first-order valence-electron chi connectivity index (χ1n) is 4.40. The minimum absolute atomic E-state index is 0.144. The predicted molar refractivity (Wildman–Crippen MR) is 54.1 cm³/mol. The van der Waals surface area contributed by atoms with Crippen LogP contribution >= 0.6 is 23.1 Å². The highest BCUT2D eigenvalue weighted by Crippen LogP contribution is 2.35. The summed E-state index contributed by atoms with van der Waals surface area (Å²) < 4.78 is 0.989. The van der Waals surface area contributed by atoms with Gasteiger partial charge in [0, 0.05) is 5.25 Å². The number of thioether (sulfide) groups is 1. The third-order valence-electron chi connectivity index (χ3n) is 2.18. The van der Waals surface area contributed by atoms with Crippen LogP contribution in [0.15, 0.2) is 4.34 Å². The Morgan fingerprint density at radius 3 is 2.85 bits per heavy atom. The molecule has 0 aliphatic heterocycles. The van der Waals surface area contributed by atoms with Crippen molar-refractivity contribution in [3.63, 3.8) is 0 Å². The van der Waals surface area contributed by atoms with E-state index in [9.17, 15) is 5.11 Å². The molecular formula is C8H12N2OS2. The summed E-state index contributed by atoms with van der Waals surface area (Å²) in [5.41, 5.74) is 0. The maximum atomic E-state index is 9.59. The summed E-state index contributed by atoms with van der Waals surface area (Å²) in [6, 6.07) is 0. The van der Waals surface area contributed by atoms with Crippen LogP contribution in [0.3, 0.4) is 0 Å². The van der Waals surface area contributed by atoms with Gasteiger partial charge in [0.2, 0.25) is 0 Å². The van der Waals surface area contributed by atoms with Gasteiger partial charge < -0.3 is 5.11 Å². The van der Waals surface area contributed by atoms with E-state index in [2.05, 4.69) is 10.2 Å². The number of hydrogen-bond acceptors (Lipinski definition) is 5. The van der Waals surface area contributed by atoms with E-state index in [1.54, 1.807) is 23.1 Å². The average molecular weight is 216 g/mol. The zero-order valence-corrected chi connectivity index (χ0v) is 9.07. The first-order chi connectivity index (χ1) is 6.25. The smallest absolute Gasteiger partial charge is 0.174 e. The highest BCUT2D eigenvalue weighted by atomic mass is 32.2. The molecular weight excluding hydrogens is 204 g/mol. The molecule has 3 nitrogen and oxygen atoms in total. The molecule has 0 aromatic carbocycles. The van der Waals surface area contributed by atoms with Crippen molar-refractivity contribution in [2.75, 3.05) is 0 Å². The number of aryl methyl sites for hydroxylation is 1. The van der Waals surface area contributed by atoms with Crippen molar-refractivity contribution in [3.05, 3.63) is 5.01 Å². The van der Waals surface area contributed by atoms with E-state index >= 15 is 0 Å². The SMILES string of the molecule is Cc1nnc(S[C@H]2CCC[C@@H]2O)s1. The summed E-state index contributed by atoms with van der Waals surface area (Å²) >= 11 is 3.28. The lowest BCUT2D eigenvalue weighted by atomic mass is 10.3. The van der Waals surface area contributed by atoms with Crippen molar-refractivity contribution >= 4 is 23.1 Å². The summed E-state index contributed by atoms with van der Waals surface area (Å²) in [5, 5.41) is 18.9. The fourth-order valence-electron chi connectivity index (χ4n) is 1.50. The highest BCUT2D eigenvalue weighted by molar-refractivity contribution is 8.01. The van der Waals surface area contributed by atoms with Crippen molar-refractivity contribution < 1.29 is 5.11 Å². The standard InChI is InChI=1S/C8H12N2OS2/c1-5-9-10-8(12-5)13-7-4-2-3-6(7)11/h6-7,11H,2-4H2,1H3/t6-,7-/m0/s1. The maximum absolute atomic E-state index is 9.59. The molecule has 1 N–H and O–H groups in total. The van der Waals surface area contributed by atoms with Crippen LogP contribution in [0.5, 0.6) is 0 Å². The molecule has 2 rings (SSSR count). The highest BCUT2D eigenvalue weighted by Gasteiger charge is 2.27. The minimum Gasteiger partial charge on any atom is -0.392 e. The van der Waals surface area contributed by atoms with E-state index in [-0.39, 0.29) is 6.10 Å². The van der Waals surface area contributed by atoms with E-state index in [1.165, 1.54) is 0 Å². The Bertz CT molecular complexity index is 289. The Labute approximate surface area is 85.6 Å². The van der Waals surface area contributed by atoms with E-state index in [0.29, 0.717) is 5.25 Å². The van der Waals surface area contributed by atoms with Gasteiger partial charge in [0.15, 0.2) is 4.34 Å². The van der Waals surface area contributed by atoms with Crippen LogP contribution in [-0.4, -0.2) is 26.7 Å². The fourth-order valence-corrected chi connectivity index (χ4v) is 3.77. The molecule has 1 aliphatic carbocycles. The number of rotatable bonds is 2. The second-order valence-corrected chi connectivity index (χ2v) is 5.91. The van der Waals surface area contributed by atoms with E-state index in [4.69, 9.17) is 0 Å². The zero-order chi connectivity index (χ0) is 9.26. The van der Waals surface area contributed by atoms with Gasteiger partial charge in [-0.15, -0.1) is 10.2 Å². The Morgan fingerprint density at radius 2 is 2.31 bits per heavy atom. The summed E-state index contributed by atoms with van der Waals surface area (Å²) in [6.07, 6.45) is 3.03. The van der Waals surface area contributed by atoms with Crippen LogP contribution in [0.25, 0.3) is 0 Å². The second kappa shape index (κ2) is 3.94. The van der Waals surface area contributed by atoms with Crippen molar-refractivity contribution in [2.45, 2.75) is 41.9 Å². The van der Waals surface area contributed by atoms with Gasteiger partial charge in [0.05, 0.1) is 6.10 Å². The lowest BCUT2D eigenvalue weighted by molar-refractivity contribution is 0.188. The van der Waals surface area contributed by atoms with E-state index in [1.807, 2.05) is 6.92 Å². The lowest BCUT2D eigenvalue weighted by Gasteiger charge is -2.10. The van der Waals surface area contributed by atoms with Crippen LogP contribution < -0.4 is 0 Å². The number of nitrogens with zero attached hydrogens (tertiary/aromatic N) is 2. The van der Waals surface area contributed by atoms with Gasteiger partial charge in [0.1, 0.15) is 5.01 Å². The Balaban J connectivity index is 1.97. The first kappa shape index (κ1) is 9.43. The van der Waals surface area contributed by atoms with Gasteiger partial charge >= 0.3 is 0 Å². The molecule has 1 heterocycles. The third kappa shape index (κ3) is 2.21. The molecule has 0 spiro atoms. The Hall–Kier alpha value is -0.130. The van der Waals surface area contributed by atoms with Gasteiger partial charge in [-0.1, -0.05) is 23.1 Å². The molecule has 0 saturated heterocycles. The topological polar surface area (TPSA) is 46.0 Å². The Morgan fingerprint density at radius 1 is 1.46 bits per heavy atom. The summed E-state index contributed by atoms with van der Waals surface area (Å²) in [7, 11) is 0. The molecule has 1 aliphatic rings. The molecule has 2 atom stereocenters. The number of aliphatic hydroxyl groups is 1. The molecule has 72 valence electrons. The van der Waals surface area contributed by atoms with Crippen LogP contribution in [0.1, 0.15) is 24.3 Å². The number of hydrogen-bond donors (Lipinski definition) is 1. The van der Waals surface area contributed by atoms with Crippen molar-refractivity contribution in [3.8, 4) is 0 Å². The molecule has 0 amide bonds. The maximum Gasteiger partial charge on any atom is 0.174 e. The van der Waals surface area contributed by atoms with Crippen LogP contribution in [0.2, 0.25) is 0 Å². The molecule has 1 aromatic heterocycles. The Kier molecular flexibility index (Phi) is 2.86. The van der Waals surface area contributed by atoms with Gasteiger partial charge in [-0.25, -0.2) is 0 Å². The summed E-state index contributed by atoms with van der Waals surface area (Å²) in [6.45, 7) is 1.95. The second-order valence-electron chi connectivity index (χ2n) is 3.24. The van der Waals surface area contributed by atoms with Gasteiger partial charge in [-0.05, 0) is 26.2 Å². The molecule has 1 saturated carbocycles. The van der Waals surface area contributed by atoms with Crippen molar-refractivity contribution in [2.24, 2.45) is 0 Å². The largest absolute Gasteiger partial charge is 0.392 e. The minimum atomic E-state index is -0.144. The molecule has 0 unspecified atom stereocenters. The van der Waals surface area contributed by atoms with Crippen molar-refractivity contribution in [1.29, 1.82) is 0 Å². The quantitative estimate of drug-likeness (QED) is 0.819. The molecule has 1 fully saturated rings.